The van der Waals surface area contributed by atoms with Crippen molar-refractivity contribution in [3.63, 3.8) is 0 Å². The molecule has 0 saturated heterocycles. The van der Waals surface area contributed by atoms with E-state index in [4.69, 9.17) is 37.0 Å². The quantitative estimate of drug-likeness (QED) is 0.0222. The molecule has 0 fully saturated rings. The Morgan fingerprint density at radius 2 is 0.436 bits per heavy atom. The first-order chi connectivity index (χ1) is 53.1. The van der Waals surface area contributed by atoms with Crippen molar-refractivity contribution in [2.75, 3.05) is 39.6 Å². The maximum absolute atomic E-state index is 13.2. The Morgan fingerprint density at radius 1 is 0.255 bits per heavy atom. The van der Waals surface area contributed by atoms with Crippen LogP contribution in [0, 0.1) is 23.7 Å². The number of rotatable bonds is 88. The van der Waals surface area contributed by atoms with Crippen LogP contribution in [0.3, 0.4) is 0 Å². The lowest BCUT2D eigenvalue weighted by Gasteiger charge is -2.21. The predicted octanol–water partition coefficient (Wildman–Crippen LogP) is 27.9. The molecule has 0 heterocycles. The first-order valence-corrected chi connectivity index (χ1v) is 49.7. The third-order valence-corrected chi connectivity index (χ3v) is 23.6. The number of esters is 4. The number of ether oxygens (including phenoxy) is 4. The van der Waals surface area contributed by atoms with E-state index in [0.29, 0.717) is 25.7 Å². The maximum Gasteiger partial charge on any atom is 0.472 e. The Labute approximate surface area is 677 Å². The van der Waals surface area contributed by atoms with Gasteiger partial charge in [0.25, 0.3) is 0 Å². The first kappa shape index (κ1) is 108. The second kappa shape index (κ2) is 79.5. The van der Waals surface area contributed by atoms with Gasteiger partial charge in [-0.2, -0.15) is 0 Å². The summed E-state index contributed by atoms with van der Waals surface area (Å²) in [6.45, 7) is 14.4. The second-order valence-electron chi connectivity index (χ2n) is 34.4. The highest BCUT2D eigenvalue weighted by Gasteiger charge is 2.31. The van der Waals surface area contributed by atoms with Gasteiger partial charge in [-0.1, -0.05) is 428 Å². The van der Waals surface area contributed by atoms with E-state index in [2.05, 4.69) is 55.4 Å². The number of carbonyl (C=O) groups excluding carboxylic acids is 4. The lowest BCUT2D eigenvalue weighted by atomic mass is 9.99. The Hall–Kier alpha value is -1.94. The predicted molar refractivity (Wildman–Crippen MR) is 455 cm³/mol. The van der Waals surface area contributed by atoms with E-state index in [9.17, 15) is 43.2 Å². The van der Waals surface area contributed by atoms with Gasteiger partial charge >= 0.3 is 39.5 Å². The van der Waals surface area contributed by atoms with Crippen molar-refractivity contribution in [3.8, 4) is 0 Å². The highest BCUT2D eigenvalue weighted by molar-refractivity contribution is 7.47. The third-order valence-electron chi connectivity index (χ3n) is 21.7. The topological polar surface area (TPSA) is 237 Å². The average Bonchev–Trinajstić information content (AvgIpc) is 0.899. The van der Waals surface area contributed by atoms with Gasteiger partial charge in [-0.25, -0.2) is 9.13 Å². The molecular formula is C91H178O17P2. The summed E-state index contributed by atoms with van der Waals surface area (Å²) in [5.74, 6) is 1.12. The molecule has 3 N–H and O–H groups in total. The molecule has 6 atom stereocenters. The molecule has 0 radical (unpaired) electrons. The van der Waals surface area contributed by atoms with Crippen molar-refractivity contribution in [1.29, 1.82) is 0 Å². The normalized spacial score (nSPS) is 14.1. The van der Waals surface area contributed by atoms with Crippen molar-refractivity contribution >= 4 is 39.5 Å². The van der Waals surface area contributed by atoms with Crippen molar-refractivity contribution in [1.82, 2.24) is 0 Å². The molecule has 110 heavy (non-hydrogen) atoms. The molecule has 0 bridgehead atoms. The van der Waals surface area contributed by atoms with Crippen LogP contribution < -0.4 is 0 Å². The summed E-state index contributed by atoms with van der Waals surface area (Å²) < 4.78 is 69.1. The number of phosphoric ester groups is 2. The minimum absolute atomic E-state index is 0.107. The summed E-state index contributed by atoms with van der Waals surface area (Å²) in [6, 6.07) is 0. The summed E-state index contributed by atoms with van der Waals surface area (Å²) in [5.41, 5.74) is 0. The van der Waals surface area contributed by atoms with Gasteiger partial charge in [-0.15, -0.1) is 0 Å². The zero-order valence-corrected chi connectivity index (χ0v) is 74.7. The van der Waals surface area contributed by atoms with Crippen LogP contribution in [0.25, 0.3) is 0 Å². The molecule has 0 aromatic carbocycles. The number of unbranched alkanes of at least 4 members (excludes halogenated alkanes) is 53. The summed E-state index contributed by atoms with van der Waals surface area (Å²) in [6.07, 6.45) is 70.8. The number of hydrogen-bond donors (Lipinski definition) is 3. The van der Waals surface area contributed by atoms with Crippen LogP contribution in [0.5, 0.6) is 0 Å². The monoisotopic (exact) mass is 1610 g/mol. The van der Waals surface area contributed by atoms with E-state index >= 15 is 0 Å². The number of carbonyl (C=O) groups is 4. The van der Waals surface area contributed by atoms with Crippen LogP contribution in [0.1, 0.15) is 479 Å². The van der Waals surface area contributed by atoms with Gasteiger partial charge in [-0.3, -0.25) is 37.3 Å². The SMILES string of the molecule is CCC(C)CCCCCCCCCCCCCCCCCCCCC(=O)O[C@H](COC(=O)CCCCCCCCCCCCCCCCCCC(C)C)COP(=O)(O)OC[C@@H](O)COP(=O)(O)OC[C@@H](COC(=O)CCCCCCCCCCCC(C)C)OC(=O)CCCCCCCCCCCCCCCCC(C)C. The Morgan fingerprint density at radius 3 is 0.645 bits per heavy atom. The molecule has 0 aromatic heterocycles. The van der Waals surface area contributed by atoms with Crippen molar-refractivity contribution in [2.45, 2.75) is 497 Å². The average molecular weight is 1610 g/mol. The Bertz CT molecular complexity index is 2130. The number of aliphatic hydroxyl groups is 1. The van der Waals surface area contributed by atoms with E-state index in [1.165, 1.54) is 283 Å². The van der Waals surface area contributed by atoms with Crippen LogP contribution in [0.15, 0.2) is 0 Å². The lowest BCUT2D eigenvalue weighted by Crippen LogP contribution is -2.30. The van der Waals surface area contributed by atoms with E-state index in [0.717, 1.165) is 114 Å². The first-order valence-electron chi connectivity index (χ1n) is 46.7. The number of hydrogen-bond acceptors (Lipinski definition) is 15. The summed E-state index contributed by atoms with van der Waals surface area (Å²) >= 11 is 0. The second-order valence-corrected chi connectivity index (χ2v) is 37.3. The molecule has 0 saturated carbocycles. The van der Waals surface area contributed by atoms with E-state index in [1.54, 1.807) is 0 Å². The fourth-order valence-corrected chi connectivity index (χ4v) is 15.7. The molecule has 19 heteroatoms. The summed E-state index contributed by atoms with van der Waals surface area (Å²) in [4.78, 5) is 73.4. The highest BCUT2D eigenvalue weighted by atomic mass is 31.2. The smallest absolute Gasteiger partial charge is 0.462 e. The van der Waals surface area contributed by atoms with Gasteiger partial charge in [0.1, 0.15) is 19.3 Å². The Balaban J connectivity index is 5.25. The standard InChI is InChI=1S/C91H178O17P2/c1-9-84(8)70-62-54-46-38-30-24-17-12-10-11-13-19-26-32-40-49-57-65-73-90(95)107-86(77-101-88(93)71-63-55-47-39-31-25-18-15-14-16-22-28-35-43-51-59-67-81(2)3)79-105-109(97,98)103-75-85(92)76-104-110(99,100)106-80-87(78-102-89(94)72-64-56-48-42-34-37-45-53-61-69-83(6)7)108-91(96)74-66-58-50-41-33-27-21-20-23-29-36-44-52-60-68-82(4)5/h81-87,92H,9-80H2,1-8H3,(H,97,98)(H,99,100)/t84?,85-,86-,87-/m1/s1. The molecule has 0 spiro atoms. The van der Waals surface area contributed by atoms with Crippen LogP contribution in [-0.2, 0) is 65.4 Å². The fraction of sp³-hybridized carbons (Fsp3) is 0.956. The van der Waals surface area contributed by atoms with Gasteiger partial charge < -0.3 is 33.8 Å². The highest BCUT2D eigenvalue weighted by Crippen LogP contribution is 2.45. The van der Waals surface area contributed by atoms with E-state index in [-0.39, 0.29) is 25.7 Å². The number of aliphatic hydroxyl groups excluding tert-OH is 1. The van der Waals surface area contributed by atoms with Gasteiger partial charge in [0.2, 0.25) is 0 Å². The zero-order valence-electron chi connectivity index (χ0n) is 72.9. The fourth-order valence-electron chi connectivity index (χ4n) is 14.2. The minimum Gasteiger partial charge on any atom is -0.462 e. The van der Waals surface area contributed by atoms with Crippen LogP contribution >= 0.6 is 15.6 Å². The van der Waals surface area contributed by atoms with Crippen molar-refractivity contribution in [3.05, 3.63) is 0 Å². The van der Waals surface area contributed by atoms with Crippen molar-refractivity contribution < 1.29 is 80.2 Å². The molecule has 3 unspecified atom stereocenters. The molecule has 654 valence electrons. The van der Waals surface area contributed by atoms with Crippen molar-refractivity contribution in [2.24, 2.45) is 23.7 Å². The molecule has 0 aromatic rings. The molecule has 17 nitrogen and oxygen atoms in total. The molecule has 0 rings (SSSR count). The van der Waals surface area contributed by atoms with E-state index in [1.807, 2.05) is 0 Å². The van der Waals surface area contributed by atoms with Crippen LogP contribution in [0.4, 0.5) is 0 Å². The summed E-state index contributed by atoms with van der Waals surface area (Å²) in [5, 5.41) is 10.7. The van der Waals surface area contributed by atoms with Crippen LogP contribution in [-0.4, -0.2) is 96.7 Å². The van der Waals surface area contributed by atoms with Gasteiger partial charge in [0, 0.05) is 25.7 Å². The van der Waals surface area contributed by atoms with Gasteiger partial charge in [0.05, 0.1) is 26.4 Å². The number of phosphoric acid groups is 2. The lowest BCUT2D eigenvalue weighted by molar-refractivity contribution is -0.161. The molecule has 0 aliphatic carbocycles. The Kier molecular flexibility index (Phi) is 78.1. The molecule has 0 amide bonds. The third kappa shape index (κ3) is 82.6. The minimum atomic E-state index is -4.97. The molecular weight excluding hydrogens is 1430 g/mol. The summed E-state index contributed by atoms with van der Waals surface area (Å²) in [7, 11) is -9.94. The maximum atomic E-state index is 13.2. The van der Waals surface area contributed by atoms with Gasteiger partial charge in [0.15, 0.2) is 12.2 Å². The van der Waals surface area contributed by atoms with E-state index < -0.39 is 97.5 Å². The molecule has 0 aliphatic rings. The zero-order chi connectivity index (χ0) is 80.9. The van der Waals surface area contributed by atoms with Gasteiger partial charge in [-0.05, 0) is 49.4 Å². The largest absolute Gasteiger partial charge is 0.472 e. The molecule has 0 aliphatic heterocycles. The van der Waals surface area contributed by atoms with Crippen LogP contribution in [0.2, 0.25) is 0 Å².